The van der Waals surface area contributed by atoms with Crippen molar-refractivity contribution >= 4 is 11.6 Å². The third-order valence-electron chi connectivity index (χ3n) is 1.60. The van der Waals surface area contributed by atoms with Crippen LogP contribution >= 0.6 is 0 Å². The van der Waals surface area contributed by atoms with Gasteiger partial charge in [-0.15, -0.1) is 0 Å². The van der Waals surface area contributed by atoms with E-state index in [0.717, 1.165) is 11.4 Å². The lowest BCUT2D eigenvalue weighted by Gasteiger charge is -2.12. The molecule has 1 aromatic heterocycles. The van der Waals surface area contributed by atoms with Crippen molar-refractivity contribution in [3.05, 3.63) is 11.8 Å². The number of hydrogen-bond donors (Lipinski definition) is 0. The van der Waals surface area contributed by atoms with E-state index < -0.39 is 0 Å². The molecule has 13 heavy (non-hydrogen) atoms. The maximum atomic E-state index is 5.06. The fourth-order valence-corrected chi connectivity index (χ4v) is 0.892. The standard InChI is InChI=1S/C10H16N2O/c1-7(2)11-9-6-8(12-13-9)10(3,4)5/h6H,1-5H3. The molecule has 1 aromatic rings. The van der Waals surface area contributed by atoms with E-state index in [1.54, 1.807) is 0 Å². The summed E-state index contributed by atoms with van der Waals surface area (Å²) >= 11 is 0. The van der Waals surface area contributed by atoms with E-state index in [0.29, 0.717) is 5.88 Å². The molecule has 0 radical (unpaired) electrons. The van der Waals surface area contributed by atoms with Crippen LogP contribution in [0.2, 0.25) is 0 Å². The molecule has 72 valence electrons. The topological polar surface area (TPSA) is 38.4 Å². The number of hydrogen-bond acceptors (Lipinski definition) is 3. The summed E-state index contributed by atoms with van der Waals surface area (Å²) in [4.78, 5) is 4.18. The minimum atomic E-state index is 0.0267. The molecular formula is C10H16N2O. The Balaban J connectivity index is 2.94. The summed E-state index contributed by atoms with van der Waals surface area (Å²) in [5.74, 6) is 0.588. The number of aliphatic imine (C=N–C) groups is 1. The molecule has 0 aromatic carbocycles. The maximum absolute atomic E-state index is 5.06. The first kappa shape index (κ1) is 9.96. The zero-order chi connectivity index (χ0) is 10.1. The van der Waals surface area contributed by atoms with Gasteiger partial charge in [-0.2, -0.15) is 0 Å². The molecule has 1 rings (SSSR count). The lowest BCUT2D eigenvalue weighted by atomic mass is 9.92. The van der Waals surface area contributed by atoms with Crippen LogP contribution in [0.5, 0.6) is 0 Å². The molecular weight excluding hydrogens is 164 g/mol. The molecule has 3 nitrogen and oxygen atoms in total. The summed E-state index contributed by atoms with van der Waals surface area (Å²) in [7, 11) is 0. The van der Waals surface area contributed by atoms with Crippen LogP contribution in [0.1, 0.15) is 40.3 Å². The van der Waals surface area contributed by atoms with Crippen LogP contribution in [-0.4, -0.2) is 10.9 Å². The van der Waals surface area contributed by atoms with E-state index in [9.17, 15) is 0 Å². The molecule has 0 fully saturated rings. The van der Waals surface area contributed by atoms with Gasteiger partial charge in [0.15, 0.2) is 0 Å². The Morgan fingerprint density at radius 1 is 1.38 bits per heavy atom. The average molecular weight is 180 g/mol. The van der Waals surface area contributed by atoms with Gasteiger partial charge in [0.25, 0.3) is 5.88 Å². The van der Waals surface area contributed by atoms with E-state index >= 15 is 0 Å². The van der Waals surface area contributed by atoms with Crippen LogP contribution < -0.4 is 0 Å². The summed E-state index contributed by atoms with van der Waals surface area (Å²) in [6.45, 7) is 10.1. The van der Waals surface area contributed by atoms with E-state index in [4.69, 9.17) is 4.52 Å². The molecule has 0 amide bonds. The Labute approximate surface area is 78.8 Å². The largest absolute Gasteiger partial charge is 0.336 e. The lowest BCUT2D eigenvalue weighted by molar-refractivity contribution is 0.401. The molecule has 0 spiro atoms. The third-order valence-corrected chi connectivity index (χ3v) is 1.60. The normalized spacial score (nSPS) is 11.5. The van der Waals surface area contributed by atoms with Gasteiger partial charge in [-0.1, -0.05) is 25.9 Å². The first-order valence-corrected chi connectivity index (χ1v) is 4.38. The van der Waals surface area contributed by atoms with Gasteiger partial charge in [0.2, 0.25) is 0 Å². The highest BCUT2D eigenvalue weighted by atomic mass is 16.5. The van der Waals surface area contributed by atoms with Gasteiger partial charge < -0.3 is 4.52 Å². The van der Waals surface area contributed by atoms with Crippen molar-refractivity contribution in [3.8, 4) is 0 Å². The SMILES string of the molecule is CC(C)=Nc1cc(C(C)(C)C)no1. The molecule has 1 heterocycles. The van der Waals surface area contributed by atoms with E-state index in [1.165, 1.54) is 0 Å². The van der Waals surface area contributed by atoms with Gasteiger partial charge >= 0.3 is 0 Å². The van der Waals surface area contributed by atoms with E-state index in [2.05, 4.69) is 30.9 Å². The fourth-order valence-electron chi connectivity index (χ4n) is 0.892. The Morgan fingerprint density at radius 2 is 2.00 bits per heavy atom. The molecule has 0 saturated heterocycles. The maximum Gasteiger partial charge on any atom is 0.250 e. The highest BCUT2D eigenvalue weighted by Gasteiger charge is 2.18. The zero-order valence-electron chi connectivity index (χ0n) is 8.88. The molecule has 0 aliphatic carbocycles. The molecule has 0 aliphatic rings. The highest BCUT2D eigenvalue weighted by molar-refractivity contribution is 5.81. The molecule has 0 atom stereocenters. The van der Waals surface area contributed by atoms with Crippen LogP contribution in [0.3, 0.4) is 0 Å². The van der Waals surface area contributed by atoms with Crippen LogP contribution in [0.4, 0.5) is 5.88 Å². The van der Waals surface area contributed by atoms with Crippen molar-refractivity contribution in [3.63, 3.8) is 0 Å². The zero-order valence-corrected chi connectivity index (χ0v) is 8.88. The number of nitrogens with zero attached hydrogens (tertiary/aromatic N) is 2. The molecule has 3 heteroatoms. The smallest absolute Gasteiger partial charge is 0.250 e. The summed E-state index contributed by atoms with van der Waals surface area (Å²) in [6.07, 6.45) is 0. The summed E-state index contributed by atoms with van der Waals surface area (Å²) in [6, 6.07) is 1.88. The summed E-state index contributed by atoms with van der Waals surface area (Å²) in [5.41, 5.74) is 1.93. The lowest BCUT2D eigenvalue weighted by Crippen LogP contribution is -2.10. The molecule has 0 saturated carbocycles. The monoisotopic (exact) mass is 180 g/mol. The predicted octanol–water partition coefficient (Wildman–Crippen LogP) is 3.08. The fraction of sp³-hybridized carbons (Fsp3) is 0.600. The van der Waals surface area contributed by atoms with Crippen LogP contribution in [0.15, 0.2) is 15.6 Å². The highest BCUT2D eigenvalue weighted by Crippen LogP contribution is 2.24. The van der Waals surface area contributed by atoms with Crippen molar-refractivity contribution in [2.45, 2.75) is 40.0 Å². The second-order valence-corrected chi connectivity index (χ2v) is 4.36. The van der Waals surface area contributed by atoms with Gasteiger partial charge in [-0.3, -0.25) is 0 Å². The summed E-state index contributed by atoms with van der Waals surface area (Å²) in [5, 5.41) is 3.96. The minimum Gasteiger partial charge on any atom is -0.336 e. The van der Waals surface area contributed by atoms with Crippen molar-refractivity contribution < 1.29 is 4.52 Å². The second-order valence-electron chi connectivity index (χ2n) is 4.36. The molecule has 0 bridgehead atoms. The van der Waals surface area contributed by atoms with Crippen LogP contribution in [-0.2, 0) is 5.41 Å². The molecule has 0 aliphatic heterocycles. The third kappa shape index (κ3) is 2.68. The molecule has 0 unspecified atom stereocenters. The van der Waals surface area contributed by atoms with Gasteiger partial charge in [-0.25, -0.2) is 4.99 Å². The number of rotatable bonds is 1. The Kier molecular flexibility index (Phi) is 2.55. The first-order valence-electron chi connectivity index (χ1n) is 4.38. The van der Waals surface area contributed by atoms with Crippen molar-refractivity contribution in [1.29, 1.82) is 0 Å². The van der Waals surface area contributed by atoms with Crippen molar-refractivity contribution in [1.82, 2.24) is 5.16 Å². The van der Waals surface area contributed by atoms with Crippen LogP contribution in [0, 0.1) is 0 Å². The Hall–Kier alpha value is -1.12. The van der Waals surface area contributed by atoms with Gasteiger partial charge in [-0.05, 0) is 13.8 Å². The summed E-state index contributed by atoms with van der Waals surface area (Å²) < 4.78 is 5.06. The van der Waals surface area contributed by atoms with Gasteiger partial charge in [0.05, 0.1) is 5.69 Å². The van der Waals surface area contributed by atoms with Crippen molar-refractivity contribution in [2.24, 2.45) is 4.99 Å². The Morgan fingerprint density at radius 3 is 2.38 bits per heavy atom. The quantitative estimate of drug-likeness (QED) is 0.623. The van der Waals surface area contributed by atoms with E-state index in [1.807, 2.05) is 19.9 Å². The number of aromatic nitrogens is 1. The second kappa shape index (κ2) is 3.32. The van der Waals surface area contributed by atoms with Gasteiger partial charge in [0.1, 0.15) is 0 Å². The molecule has 0 N–H and O–H groups in total. The van der Waals surface area contributed by atoms with E-state index in [-0.39, 0.29) is 5.41 Å². The van der Waals surface area contributed by atoms with Gasteiger partial charge in [0, 0.05) is 17.2 Å². The van der Waals surface area contributed by atoms with Crippen molar-refractivity contribution in [2.75, 3.05) is 0 Å². The predicted molar refractivity (Wildman–Crippen MR) is 53.6 cm³/mol. The average Bonchev–Trinajstić information content (AvgIpc) is 2.32. The minimum absolute atomic E-state index is 0.0267. The van der Waals surface area contributed by atoms with Crippen LogP contribution in [0.25, 0.3) is 0 Å². The first-order chi connectivity index (χ1) is 5.89. The Bertz CT molecular complexity index is 314.